The number of ether oxygens (including phenoxy) is 2. The Morgan fingerprint density at radius 1 is 1.40 bits per heavy atom. The van der Waals surface area contributed by atoms with Crippen LogP contribution in [0.25, 0.3) is 0 Å². The molecule has 4 nitrogen and oxygen atoms in total. The third-order valence-corrected chi connectivity index (χ3v) is 5.54. The molecule has 2 heterocycles. The summed E-state index contributed by atoms with van der Waals surface area (Å²) in [6.45, 7) is 1.37. The molecule has 1 aliphatic heterocycles. The molecule has 0 radical (unpaired) electrons. The van der Waals surface area contributed by atoms with Gasteiger partial charge in [0.25, 0.3) is 5.91 Å². The van der Waals surface area contributed by atoms with Crippen LogP contribution in [0.3, 0.4) is 0 Å². The van der Waals surface area contributed by atoms with Crippen LogP contribution in [-0.4, -0.2) is 42.9 Å². The number of carbonyl (C=O) groups is 1. The molecule has 0 unspecified atom stereocenters. The fourth-order valence-corrected chi connectivity index (χ4v) is 4.11. The van der Waals surface area contributed by atoms with Crippen molar-refractivity contribution in [3.63, 3.8) is 0 Å². The van der Waals surface area contributed by atoms with Crippen LogP contribution >= 0.6 is 22.9 Å². The van der Waals surface area contributed by atoms with Crippen molar-refractivity contribution < 1.29 is 14.3 Å². The highest BCUT2D eigenvalue weighted by atomic mass is 35.5. The Morgan fingerprint density at radius 2 is 2.05 bits per heavy atom. The predicted octanol–water partition coefficient (Wildman–Crippen LogP) is 3.16. The summed E-state index contributed by atoms with van der Waals surface area (Å²) >= 11 is 7.44. The summed E-state index contributed by atoms with van der Waals surface area (Å²) < 4.78 is 11.4. The van der Waals surface area contributed by atoms with Gasteiger partial charge in [-0.2, -0.15) is 0 Å². The van der Waals surface area contributed by atoms with Gasteiger partial charge in [0.1, 0.15) is 4.88 Å². The minimum atomic E-state index is -0.374. The molecule has 2 aliphatic rings. The van der Waals surface area contributed by atoms with E-state index in [1.54, 1.807) is 6.07 Å². The van der Waals surface area contributed by atoms with Crippen molar-refractivity contribution in [2.24, 2.45) is 0 Å². The molecule has 1 saturated heterocycles. The van der Waals surface area contributed by atoms with Crippen molar-refractivity contribution in [3.8, 4) is 0 Å². The van der Waals surface area contributed by atoms with E-state index in [4.69, 9.17) is 21.1 Å². The van der Waals surface area contributed by atoms with Gasteiger partial charge in [0.2, 0.25) is 0 Å². The van der Waals surface area contributed by atoms with Crippen molar-refractivity contribution in [2.75, 3.05) is 20.3 Å². The summed E-state index contributed by atoms with van der Waals surface area (Å²) in [4.78, 5) is 14.9. The van der Waals surface area contributed by atoms with Gasteiger partial charge in [-0.25, -0.2) is 0 Å². The average molecular weight is 316 g/mol. The monoisotopic (exact) mass is 315 g/mol. The second kappa shape index (κ2) is 5.64. The zero-order valence-electron chi connectivity index (χ0n) is 11.4. The van der Waals surface area contributed by atoms with Gasteiger partial charge in [-0.15, -0.1) is 11.3 Å². The lowest BCUT2D eigenvalue weighted by Crippen LogP contribution is -2.44. The van der Waals surface area contributed by atoms with E-state index in [-0.39, 0.29) is 17.7 Å². The summed E-state index contributed by atoms with van der Waals surface area (Å²) in [5.74, 6) is -0.361. The van der Waals surface area contributed by atoms with Gasteiger partial charge in [0.05, 0.1) is 18.2 Å². The number of halogens is 1. The van der Waals surface area contributed by atoms with Crippen LogP contribution in [0.1, 0.15) is 35.4 Å². The number of thiophene rings is 1. The Bertz CT molecular complexity index is 488. The topological polar surface area (TPSA) is 38.8 Å². The first kappa shape index (κ1) is 14.3. The summed E-state index contributed by atoms with van der Waals surface area (Å²) in [6, 6.07) is 2.00. The number of rotatable bonds is 2. The maximum atomic E-state index is 12.4. The van der Waals surface area contributed by atoms with Crippen molar-refractivity contribution in [3.05, 3.63) is 21.3 Å². The fourth-order valence-electron chi connectivity index (χ4n) is 2.99. The number of hydrogen-bond acceptors (Lipinski definition) is 4. The van der Waals surface area contributed by atoms with Crippen LogP contribution in [0.4, 0.5) is 0 Å². The summed E-state index contributed by atoms with van der Waals surface area (Å²) in [5.41, 5.74) is 0. The zero-order chi connectivity index (χ0) is 14.2. The second-order valence-electron chi connectivity index (χ2n) is 5.35. The molecule has 1 aromatic heterocycles. The van der Waals surface area contributed by atoms with Crippen molar-refractivity contribution >= 4 is 28.8 Å². The van der Waals surface area contributed by atoms with E-state index in [9.17, 15) is 4.79 Å². The van der Waals surface area contributed by atoms with Gasteiger partial charge in [-0.3, -0.25) is 4.79 Å². The molecular formula is C14H18ClNO3S. The number of carbonyl (C=O) groups excluding carboxylic acids is 1. The smallest absolute Gasteiger partial charge is 0.265 e. The van der Waals surface area contributed by atoms with Crippen molar-refractivity contribution in [2.45, 2.75) is 37.5 Å². The Morgan fingerprint density at radius 3 is 2.60 bits per heavy atom. The summed E-state index contributed by atoms with van der Waals surface area (Å²) in [6.07, 6.45) is 3.53. The van der Waals surface area contributed by atoms with E-state index >= 15 is 0 Å². The molecule has 1 amide bonds. The van der Waals surface area contributed by atoms with Gasteiger partial charge in [-0.1, -0.05) is 11.6 Å². The van der Waals surface area contributed by atoms with Gasteiger partial charge in [-0.05, 0) is 24.3 Å². The molecule has 1 spiro atoms. The van der Waals surface area contributed by atoms with Crippen LogP contribution in [0.5, 0.6) is 0 Å². The molecule has 20 heavy (non-hydrogen) atoms. The minimum Gasteiger partial charge on any atom is -0.348 e. The predicted molar refractivity (Wildman–Crippen MR) is 78.3 cm³/mol. The van der Waals surface area contributed by atoms with Crippen LogP contribution < -0.4 is 0 Å². The zero-order valence-corrected chi connectivity index (χ0v) is 13.0. The molecule has 0 bridgehead atoms. The minimum absolute atomic E-state index is 0.0132. The first-order valence-electron chi connectivity index (χ1n) is 6.89. The number of hydrogen-bond donors (Lipinski definition) is 0. The van der Waals surface area contributed by atoms with Crippen molar-refractivity contribution in [1.82, 2.24) is 4.90 Å². The third kappa shape index (κ3) is 2.60. The number of amides is 1. The molecule has 2 fully saturated rings. The highest BCUT2D eigenvalue weighted by Gasteiger charge is 2.41. The molecule has 3 rings (SSSR count). The van der Waals surface area contributed by atoms with Crippen LogP contribution in [0, 0.1) is 0 Å². The van der Waals surface area contributed by atoms with Crippen LogP contribution in [0.15, 0.2) is 11.4 Å². The molecule has 1 saturated carbocycles. The maximum Gasteiger partial charge on any atom is 0.265 e. The standard InChI is InChI=1S/C14H18ClNO3S/c1-16(13(17)12-11(15)4-9-20-12)10-2-5-14(6-3-10)18-7-8-19-14/h4,9-10H,2-3,5-8H2,1H3. The van der Waals surface area contributed by atoms with Crippen LogP contribution in [0.2, 0.25) is 5.02 Å². The first-order chi connectivity index (χ1) is 9.61. The van der Waals surface area contributed by atoms with E-state index < -0.39 is 0 Å². The SMILES string of the molecule is CN(C(=O)c1sccc1Cl)C1CCC2(CC1)OCCO2. The molecule has 0 atom stereocenters. The highest BCUT2D eigenvalue weighted by Crippen LogP contribution is 2.37. The first-order valence-corrected chi connectivity index (χ1v) is 8.15. The Kier molecular flexibility index (Phi) is 4.04. The van der Waals surface area contributed by atoms with Gasteiger partial charge in [0.15, 0.2) is 5.79 Å². The van der Waals surface area contributed by atoms with E-state index in [0.717, 1.165) is 25.7 Å². The molecular weight excluding hydrogens is 298 g/mol. The quantitative estimate of drug-likeness (QED) is 0.841. The Balaban J connectivity index is 1.63. The largest absolute Gasteiger partial charge is 0.348 e. The molecule has 0 aromatic carbocycles. The Hall–Kier alpha value is -0.620. The highest BCUT2D eigenvalue weighted by molar-refractivity contribution is 7.12. The maximum absolute atomic E-state index is 12.4. The molecule has 0 N–H and O–H groups in total. The second-order valence-corrected chi connectivity index (χ2v) is 6.68. The molecule has 6 heteroatoms. The van der Waals surface area contributed by atoms with Crippen molar-refractivity contribution in [1.29, 1.82) is 0 Å². The molecule has 1 aromatic rings. The summed E-state index contributed by atoms with van der Waals surface area (Å²) in [7, 11) is 1.86. The van der Waals surface area contributed by atoms with Gasteiger partial charge >= 0.3 is 0 Å². The van der Waals surface area contributed by atoms with E-state index in [0.29, 0.717) is 23.1 Å². The van der Waals surface area contributed by atoms with E-state index in [1.807, 2.05) is 17.3 Å². The van der Waals surface area contributed by atoms with Gasteiger partial charge < -0.3 is 14.4 Å². The Labute approximate surface area is 127 Å². The fraction of sp³-hybridized carbons (Fsp3) is 0.643. The third-order valence-electron chi connectivity index (χ3n) is 4.21. The van der Waals surface area contributed by atoms with E-state index in [2.05, 4.69) is 0 Å². The molecule has 1 aliphatic carbocycles. The normalized spacial score (nSPS) is 22.3. The van der Waals surface area contributed by atoms with Crippen LogP contribution in [-0.2, 0) is 9.47 Å². The van der Waals surface area contributed by atoms with E-state index in [1.165, 1.54) is 11.3 Å². The lowest BCUT2D eigenvalue weighted by Gasteiger charge is -2.38. The summed E-state index contributed by atoms with van der Waals surface area (Å²) in [5, 5.41) is 2.39. The lowest BCUT2D eigenvalue weighted by atomic mass is 9.89. The average Bonchev–Trinajstić information content (AvgIpc) is 3.08. The lowest BCUT2D eigenvalue weighted by molar-refractivity contribution is -0.182. The van der Waals surface area contributed by atoms with Gasteiger partial charge in [0, 0.05) is 25.9 Å². The number of nitrogens with zero attached hydrogens (tertiary/aromatic N) is 1. The molecule has 110 valence electrons.